The Morgan fingerprint density at radius 1 is 0.297 bits per heavy atom. The van der Waals surface area contributed by atoms with E-state index >= 15 is 0 Å². The molecule has 0 fully saturated rings. The van der Waals surface area contributed by atoms with Gasteiger partial charge < -0.3 is 19.6 Å². The number of hydrogen-bond acceptors (Lipinski definition) is 6. The van der Waals surface area contributed by atoms with Crippen LogP contribution in [-0.2, 0) is 0 Å². The number of aromatic nitrogens is 2. The molecule has 0 atom stereocenters. The van der Waals surface area contributed by atoms with Crippen LogP contribution in [0.15, 0.2) is 207 Å². The Morgan fingerprint density at radius 2 is 0.625 bits per heavy atom. The molecule has 9 aromatic carbocycles. The van der Waals surface area contributed by atoms with E-state index in [-0.39, 0.29) is 0 Å². The maximum atomic E-state index is 5.28. The van der Waals surface area contributed by atoms with Gasteiger partial charge in [-0.2, -0.15) is 0 Å². The molecule has 4 heterocycles. The number of anilines is 10. The summed E-state index contributed by atoms with van der Waals surface area (Å²) in [5.74, 6) is 0. The third-order valence-corrected chi connectivity index (χ3v) is 13.4. The van der Waals surface area contributed by atoms with Gasteiger partial charge in [0.25, 0.3) is 0 Å². The first-order valence-corrected chi connectivity index (χ1v) is 21.8. The Hall–Kier alpha value is -8.48. The van der Waals surface area contributed by atoms with Crippen molar-refractivity contribution >= 4 is 100.0 Å². The summed E-state index contributed by atoms with van der Waals surface area (Å²) in [4.78, 5) is 20.0. The van der Waals surface area contributed by atoms with E-state index in [1.807, 2.05) is 12.4 Å². The Morgan fingerprint density at radius 3 is 1.00 bits per heavy atom. The molecule has 0 spiro atoms. The lowest BCUT2D eigenvalue weighted by Gasteiger charge is -2.39. The number of benzene rings is 9. The number of fused-ring (bicyclic) bond motifs is 8. The third kappa shape index (κ3) is 5.26. The van der Waals surface area contributed by atoms with Crippen LogP contribution in [0, 0.1) is 0 Å². The molecule has 64 heavy (non-hydrogen) atoms. The lowest BCUT2D eigenvalue weighted by Crippen LogP contribution is -2.24. The summed E-state index contributed by atoms with van der Waals surface area (Å²) < 4.78 is 0. The number of pyridine rings is 2. The van der Waals surface area contributed by atoms with Gasteiger partial charge in [0.2, 0.25) is 0 Å². The minimum Gasteiger partial charge on any atom is -0.341 e. The topological polar surface area (TPSA) is 38.7 Å². The van der Waals surface area contributed by atoms with E-state index in [1.54, 1.807) is 0 Å². The predicted molar refractivity (Wildman–Crippen MR) is 268 cm³/mol. The second-order valence-electron chi connectivity index (χ2n) is 16.7. The summed E-state index contributed by atoms with van der Waals surface area (Å²) in [7, 11) is 4.31. The van der Waals surface area contributed by atoms with Crippen LogP contribution in [-0.4, -0.2) is 24.1 Å². The molecule has 0 bridgehead atoms. The molecule has 11 aromatic rings. The molecule has 0 amide bonds. The van der Waals surface area contributed by atoms with Crippen LogP contribution in [0.5, 0.6) is 0 Å². The highest BCUT2D eigenvalue weighted by Gasteiger charge is 2.31. The molecule has 0 radical (unpaired) electrons. The first-order valence-electron chi connectivity index (χ1n) is 21.8. The number of rotatable bonds is 4. The van der Waals surface area contributed by atoms with Crippen molar-refractivity contribution in [2.24, 2.45) is 0 Å². The van der Waals surface area contributed by atoms with Crippen LogP contribution in [0.25, 0.3) is 65.6 Å². The molecule has 0 N–H and O–H groups in total. The Kier molecular flexibility index (Phi) is 7.93. The summed E-state index contributed by atoms with van der Waals surface area (Å²) in [6, 6.07) is 70.2. The smallest absolute Gasteiger partial charge is 0.0792 e. The first-order chi connectivity index (χ1) is 31.6. The van der Waals surface area contributed by atoms with Gasteiger partial charge in [0.05, 0.1) is 56.9 Å². The highest BCUT2D eigenvalue weighted by molar-refractivity contribution is 6.25. The highest BCUT2D eigenvalue weighted by atomic mass is 15.3. The van der Waals surface area contributed by atoms with Crippen molar-refractivity contribution < 1.29 is 0 Å². The van der Waals surface area contributed by atoms with Gasteiger partial charge in [0.1, 0.15) is 0 Å². The monoisotopic (exact) mass is 820 g/mol. The Balaban J connectivity index is 1.18. The average molecular weight is 821 g/mol. The van der Waals surface area contributed by atoms with E-state index in [2.05, 4.69) is 228 Å². The largest absolute Gasteiger partial charge is 0.341 e. The fourth-order valence-corrected chi connectivity index (χ4v) is 10.5. The van der Waals surface area contributed by atoms with Crippen molar-refractivity contribution in [3.8, 4) is 22.5 Å². The molecule has 0 saturated carbocycles. The maximum absolute atomic E-state index is 5.28. The number of nitrogens with zero attached hydrogens (tertiary/aromatic N) is 6. The normalized spacial score (nSPS) is 13.0. The van der Waals surface area contributed by atoms with Gasteiger partial charge in [-0.1, -0.05) is 109 Å². The van der Waals surface area contributed by atoms with Gasteiger partial charge in [0, 0.05) is 59.8 Å². The molecular weight excluding hydrogens is 781 g/mol. The number of hydrogen-bond donors (Lipinski definition) is 0. The predicted octanol–water partition coefficient (Wildman–Crippen LogP) is 15.5. The highest BCUT2D eigenvalue weighted by Crippen LogP contribution is 2.55. The van der Waals surface area contributed by atoms with Gasteiger partial charge in [-0.05, 0) is 117 Å². The van der Waals surface area contributed by atoms with Crippen LogP contribution < -0.4 is 19.6 Å². The zero-order valence-electron chi connectivity index (χ0n) is 35.3. The van der Waals surface area contributed by atoms with E-state index in [1.165, 1.54) is 0 Å². The minimum absolute atomic E-state index is 0.949. The minimum atomic E-state index is 0.949. The zero-order valence-corrected chi connectivity index (χ0v) is 35.3. The van der Waals surface area contributed by atoms with E-state index in [0.717, 1.165) is 122 Å². The third-order valence-electron chi connectivity index (χ3n) is 13.4. The van der Waals surface area contributed by atoms with E-state index in [9.17, 15) is 0 Å². The standard InChI is InChI=1S/C58H40N6/c1-61-47-19-7-11-23-51(47)63(52-24-12-8-20-48(52)61)39-27-29-43-45(35-39)55(57-41-17-5-3-15-37(41)31-33-59-57)44-30-28-40(36-46(44)56(43)58-42-18-6-4-16-38(42)32-34-60-58)64-53-25-13-9-21-49(53)62(2)50-22-10-14-26-54(50)64/h3-36H,1-2H3. The molecule has 302 valence electrons. The summed E-state index contributed by atoms with van der Waals surface area (Å²) in [6.45, 7) is 0. The molecule has 0 saturated heterocycles. The molecule has 6 nitrogen and oxygen atoms in total. The first kappa shape index (κ1) is 36.2. The molecule has 0 aliphatic carbocycles. The molecule has 6 heteroatoms. The summed E-state index contributed by atoms with van der Waals surface area (Å²) in [5.41, 5.74) is 15.3. The second kappa shape index (κ2) is 14.0. The van der Waals surface area contributed by atoms with E-state index < -0.39 is 0 Å². The Labute approximate surface area is 371 Å². The van der Waals surface area contributed by atoms with Gasteiger partial charge in [0.15, 0.2) is 0 Å². The SMILES string of the molecule is CN1c2ccccc2N(c2ccc3c(-c4nccc5ccccc45)c4cc(N5c6ccccc6N(C)c6ccccc65)ccc4c(-c4nccc5ccccc45)c3c2)c2ccccc21. The Bertz CT molecular complexity index is 3360. The second-order valence-corrected chi connectivity index (χ2v) is 16.7. The van der Waals surface area contributed by atoms with Crippen LogP contribution in [0.1, 0.15) is 0 Å². The van der Waals surface area contributed by atoms with E-state index in [0.29, 0.717) is 0 Å². The van der Waals surface area contributed by atoms with Crippen LogP contribution in [0.3, 0.4) is 0 Å². The van der Waals surface area contributed by atoms with Gasteiger partial charge in [-0.25, -0.2) is 0 Å². The quantitative estimate of drug-likeness (QED) is 0.165. The molecule has 2 aliphatic heterocycles. The van der Waals surface area contributed by atoms with Gasteiger partial charge in [-0.15, -0.1) is 0 Å². The lowest BCUT2D eigenvalue weighted by atomic mass is 9.86. The van der Waals surface area contributed by atoms with Crippen LogP contribution >= 0.6 is 0 Å². The van der Waals surface area contributed by atoms with Crippen molar-refractivity contribution in [1.29, 1.82) is 0 Å². The van der Waals surface area contributed by atoms with Crippen molar-refractivity contribution in [3.63, 3.8) is 0 Å². The van der Waals surface area contributed by atoms with Crippen LogP contribution in [0.4, 0.5) is 56.9 Å². The average Bonchev–Trinajstić information content (AvgIpc) is 3.35. The molecule has 0 unspecified atom stereocenters. The van der Waals surface area contributed by atoms with Crippen molar-refractivity contribution in [2.45, 2.75) is 0 Å². The summed E-state index contributed by atoms with van der Waals surface area (Å²) >= 11 is 0. The fourth-order valence-electron chi connectivity index (χ4n) is 10.5. The fraction of sp³-hybridized carbons (Fsp3) is 0.0345. The molecular formula is C58H40N6. The van der Waals surface area contributed by atoms with Crippen LogP contribution in [0.2, 0.25) is 0 Å². The lowest BCUT2D eigenvalue weighted by molar-refractivity contribution is 1.13. The summed E-state index contributed by atoms with van der Waals surface area (Å²) in [5, 5.41) is 8.94. The zero-order chi connectivity index (χ0) is 42.5. The maximum Gasteiger partial charge on any atom is 0.0792 e. The van der Waals surface area contributed by atoms with Gasteiger partial charge in [-0.3, -0.25) is 9.97 Å². The molecule has 2 aromatic heterocycles. The van der Waals surface area contributed by atoms with Crippen molar-refractivity contribution in [1.82, 2.24) is 9.97 Å². The molecule has 2 aliphatic rings. The summed E-state index contributed by atoms with van der Waals surface area (Å²) in [6.07, 6.45) is 3.91. The van der Waals surface area contributed by atoms with Gasteiger partial charge >= 0.3 is 0 Å². The number of para-hydroxylation sites is 8. The molecule has 13 rings (SSSR count). The van der Waals surface area contributed by atoms with Crippen molar-refractivity contribution in [2.75, 3.05) is 33.7 Å². The van der Waals surface area contributed by atoms with Crippen molar-refractivity contribution in [3.05, 3.63) is 207 Å². The van der Waals surface area contributed by atoms with E-state index in [4.69, 9.17) is 9.97 Å².